The fourth-order valence-corrected chi connectivity index (χ4v) is 1.43. The van der Waals surface area contributed by atoms with Crippen molar-refractivity contribution in [2.45, 2.75) is 0 Å². The van der Waals surface area contributed by atoms with E-state index < -0.39 is 27.9 Å². The fraction of sp³-hybridized carbons (Fsp3) is 0. The lowest BCUT2D eigenvalue weighted by Gasteiger charge is -2.01. The second-order valence-electron chi connectivity index (χ2n) is 2.35. The maximum atomic E-state index is 10.7. The number of carboxylic acid groups (broad SMARTS) is 1. The Bertz CT molecular complexity index is 378. The molecule has 1 aromatic rings. The van der Waals surface area contributed by atoms with Crippen LogP contribution in [0.2, 0.25) is 0 Å². The summed E-state index contributed by atoms with van der Waals surface area (Å²) in [6.45, 7) is 0. The standard InChI is InChI=1S/C7H4BrNO5/c8-3-1-2-4(10)6(9(13)14)5(3)7(11)12/h1-2,10H,(H,11,12). The van der Waals surface area contributed by atoms with Gasteiger partial charge in [-0.1, -0.05) is 0 Å². The zero-order valence-electron chi connectivity index (χ0n) is 6.60. The second-order valence-corrected chi connectivity index (χ2v) is 3.21. The van der Waals surface area contributed by atoms with Gasteiger partial charge in [0.25, 0.3) is 0 Å². The Balaban J connectivity index is 3.58. The van der Waals surface area contributed by atoms with Gasteiger partial charge in [-0.05, 0) is 28.1 Å². The molecule has 0 aliphatic carbocycles. The molecule has 6 nitrogen and oxygen atoms in total. The Labute approximate surface area is 86.1 Å². The molecule has 0 radical (unpaired) electrons. The lowest BCUT2D eigenvalue weighted by atomic mass is 10.1. The Hall–Kier alpha value is -1.63. The van der Waals surface area contributed by atoms with Crippen molar-refractivity contribution in [3.05, 3.63) is 32.3 Å². The number of hydrogen-bond acceptors (Lipinski definition) is 4. The average Bonchev–Trinajstić information content (AvgIpc) is 2.07. The highest BCUT2D eigenvalue weighted by atomic mass is 79.9. The number of aromatic carboxylic acids is 1. The summed E-state index contributed by atoms with van der Waals surface area (Å²) in [5.41, 5.74) is -1.37. The summed E-state index contributed by atoms with van der Waals surface area (Å²) in [7, 11) is 0. The van der Waals surface area contributed by atoms with E-state index in [1.807, 2.05) is 0 Å². The quantitative estimate of drug-likeness (QED) is 0.624. The monoisotopic (exact) mass is 261 g/mol. The molecule has 0 saturated carbocycles. The Morgan fingerprint density at radius 2 is 2.07 bits per heavy atom. The maximum Gasteiger partial charge on any atom is 0.344 e. The van der Waals surface area contributed by atoms with Crippen molar-refractivity contribution in [1.82, 2.24) is 0 Å². The Kier molecular flexibility index (Phi) is 2.70. The molecule has 0 fully saturated rings. The largest absolute Gasteiger partial charge is 0.502 e. The molecule has 0 heterocycles. The average molecular weight is 262 g/mol. The molecule has 1 aromatic carbocycles. The fourth-order valence-electron chi connectivity index (χ4n) is 0.944. The molecule has 7 heteroatoms. The van der Waals surface area contributed by atoms with Crippen molar-refractivity contribution in [2.24, 2.45) is 0 Å². The van der Waals surface area contributed by atoms with Crippen LogP contribution in [0.15, 0.2) is 16.6 Å². The van der Waals surface area contributed by atoms with Crippen LogP contribution in [-0.2, 0) is 0 Å². The smallest absolute Gasteiger partial charge is 0.344 e. The topological polar surface area (TPSA) is 101 Å². The zero-order chi connectivity index (χ0) is 10.9. The SMILES string of the molecule is O=C(O)c1c(Br)ccc(O)c1[N+](=O)[O-]. The van der Waals surface area contributed by atoms with E-state index in [1.165, 1.54) is 6.07 Å². The van der Waals surface area contributed by atoms with Gasteiger partial charge in [0.05, 0.1) is 4.92 Å². The van der Waals surface area contributed by atoms with Crippen molar-refractivity contribution < 1.29 is 19.9 Å². The normalized spacial score (nSPS) is 9.79. The third-order valence-electron chi connectivity index (χ3n) is 1.50. The number of carbonyl (C=O) groups is 1. The molecule has 0 atom stereocenters. The van der Waals surface area contributed by atoms with Gasteiger partial charge in [-0.15, -0.1) is 0 Å². The summed E-state index contributed by atoms with van der Waals surface area (Å²) in [6.07, 6.45) is 0. The van der Waals surface area contributed by atoms with Crippen molar-refractivity contribution in [2.75, 3.05) is 0 Å². The van der Waals surface area contributed by atoms with Gasteiger partial charge in [-0.25, -0.2) is 4.79 Å². The highest BCUT2D eigenvalue weighted by molar-refractivity contribution is 9.10. The molecule has 0 aromatic heterocycles. The van der Waals surface area contributed by atoms with Gasteiger partial charge in [-0.2, -0.15) is 0 Å². The lowest BCUT2D eigenvalue weighted by molar-refractivity contribution is -0.386. The third kappa shape index (κ3) is 1.67. The van der Waals surface area contributed by atoms with Gasteiger partial charge < -0.3 is 10.2 Å². The number of nitro benzene ring substituents is 1. The highest BCUT2D eigenvalue weighted by Gasteiger charge is 2.27. The van der Waals surface area contributed by atoms with Crippen LogP contribution in [-0.4, -0.2) is 21.1 Å². The van der Waals surface area contributed by atoms with Crippen LogP contribution in [0.1, 0.15) is 10.4 Å². The molecule has 74 valence electrons. The van der Waals surface area contributed by atoms with E-state index in [-0.39, 0.29) is 4.47 Å². The summed E-state index contributed by atoms with van der Waals surface area (Å²) >= 11 is 2.85. The van der Waals surface area contributed by atoms with E-state index in [9.17, 15) is 14.9 Å². The first-order valence-corrected chi connectivity index (χ1v) is 4.13. The summed E-state index contributed by atoms with van der Waals surface area (Å²) in [6, 6.07) is 2.28. The molecule has 0 aliphatic rings. The molecule has 0 spiro atoms. The van der Waals surface area contributed by atoms with E-state index in [0.29, 0.717) is 0 Å². The van der Waals surface area contributed by atoms with Crippen LogP contribution in [0.5, 0.6) is 5.75 Å². The molecule has 0 bridgehead atoms. The second kappa shape index (κ2) is 3.62. The number of carboxylic acids is 1. The predicted molar refractivity (Wildman–Crippen MR) is 49.4 cm³/mol. The molecule has 0 amide bonds. The summed E-state index contributed by atoms with van der Waals surface area (Å²) in [4.78, 5) is 20.2. The van der Waals surface area contributed by atoms with Gasteiger partial charge in [0, 0.05) is 4.47 Å². The predicted octanol–water partition coefficient (Wildman–Crippen LogP) is 1.76. The van der Waals surface area contributed by atoms with Crippen LogP contribution in [0.25, 0.3) is 0 Å². The van der Waals surface area contributed by atoms with Crippen LogP contribution in [0.3, 0.4) is 0 Å². The number of phenols is 1. The first-order chi connectivity index (χ1) is 6.45. The molecule has 14 heavy (non-hydrogen) atoms. The van der Waals surface area contributed by atoms with Crippen LogP contribution < -0.4 is 0 Å². The Morgan fingerprint density at radius 3 is 2.43 bits per heavy atom. The number of nitro groups is 1. The van der Waals surface area contributed by atoms with Gasteiger partial charge in [0.2, 0.25) is 0 Å². The first-order valence-electron chi connectivity index (χ1n) is 3.34. The minimum Gasteiger partial charge on any atom is -0.502 e. The molecular weight excluding hydrogens is 258 g/mol. The number of phenolic OH excluding ortho intramolecular Hbond substituents is 1. The number of nitrogens with zero attached hydrogens (tertiary/aromatic N) is 1. The number of aromatic hydroxyl groups is 1. The van der Waals surface area contributed by atoms with Crippen LogP contribution >= 0.6 is 15.9 Å². The third-order valence-corrected chi connectivity index (χ3v) is 2.16. The van der Waals surface area contributed by atoms with E-state index in [4.69, 9.17) is 10.2 Å². The van der Waals surface area contributed by atoms with Gasteiger partial charge >= 0.3 is 11.7 Å². The van der Waals surface area contributed by atoms with Crippen molar-refractivity contribution >= 4 is 27.6 Å². The van der Waals surface area contributed by atoms with Crippen molar-refractivity contribution in [3.8, 4) is 5.75 Å². The van der Waals surface area contributed by atoms with Gasteiger partial charge in [-0.3, -0.25) is 10.1 Å². The summed E-state index contributed by atoms with van der Waals surface area (Å²) < 4.78 is 0.0505. The van der Waals surface area contributed by atoms with Crippen LogP contribution in [0, 0.1) is 10.1 Å². The zero-order valence-corrected chi connectivity index (χ0v) is 8.19. The maximum absolute atomic E-state index is 10.7. The molecule has 0 unspecified atom stereocenters. The van der Waals surface area contributed by atoms with Crippen LogP contribution in [0.4, 0.5) is 5.69 Å². The summed E-state index contributed by atoms with van der Waals surface area (Å²) in [5.74, 6) is -2.14. The van der Waals surface area contributed by atoms with Gasteiger partial charge in [0.15, 0.2) is 11.3 Å². The molecular formula is C7H4BrNO5. The molecule has 1 rings (SSSR count). The molecule has 2 N–H and O–H groups in total. The van der Waals surface area contributed by atoms with E-state index in [2.05, 4.69) is 15.9 Å². The lowest BCUT2D eigenvalue weighted by Crippen LogP contribution is -2.03. The minimum absolute atomic E-state index is 0.0505. The summed E-state index contributed by atoms with van der Waals surface area (Å²) in [5, 5.41) is 28.2. The molecule has 0 aliphatic heterocycles. The van der Waals surface area contributed by atoms with Crippen molar-refractivity contribution in [1.29, 1.82) is 0 Å². The number of benzene rings is 1. The molecule has 0 saturated heterocycles. The highest BCUT2D eigenvalue weighted by Crippen LogP contribution is 2.34. The first kappa shape index (κ1) is 10.5. The minimum atomic E-state index is -1.47. The Morgan fingerprint density at radius 1 is 1.50 bits per heavy atom. The number of rotatable bonds is 2. The van der Waals surface area contributed by atoms with Gasteiger partial charge in [0.1, 0.15) is 0 Å². The van der Waals surface area contributed by atoms with Crippen molar-refractivity contribution in [3.63, 3.8) is 0 Å². The number of halogens is 1. The van der Waals surface area contributed by atoms with E-state index in [0.717, 1.165) is 6.07 Å². The number of hydrogen-bond donors (Lipinski definition) is 2. The van der Waals surface area contributed by atoms with E-state index in [1.54, 1.807) is 0 Å². The van der Waals surface area contributed by atoms with E-state index >= 15 is 0 Å².